The van der Waals surface area contributed by atoms with Crippen LogP contribution in [0, 0.1) is 0 Å². The number of ether oxygens (including phenoxy) is 1. The van der Waals surface area contributed by atoms with E-state index in [1.54, 1.807) is 7.11 Å². The summed E-state index contributed by atoms with van der Waals surface area (Å²) in [5.41, 5.74) is 7.10. The molecule has 0 aliphatic heterocycles. The van der Waals surface area contributed by atoms with Crippen LogP contribution in [-0.4, -0.2) is 24.1 Å². The molecule has 1 aromatic carbocycles. The summed E-state index contributed by atoms with van der Waals surface area (Å²) in [5, 5.41) is 3.00. The van der Waals surface area contributed by atoms with Crippen molar-refractivity contribution in [2.75, 3.05) is 13.7 Å². The van der Waals surface area contributed by atoms with Crippen LogP contribution in [0.4, 0.5) is 0 Å². The summed E-state index contributed by atoms with van der Waals surface area (Å²) < 4.78 is 7.37. The summed E-state index contributed by atoms with van der Waals surface area (Å²) >= 11 is 0. The third kappa shape index (κ3) is 3.14. The second-order valence-electron chi connectivity index (χ2n) is 4.11. The molecule has 1 heterocycles. The molecule has 2 aromatic rings. The van der Waals surface area contributed by atoms with Gasteiger partial charge in [0.15, 0.2) is 0 Å². The summed E-state index contributed by atoms with van der Waals surface area (Å²) in [5.74, 6) is 0.435. The zero-order valence-electron chi connectivity index (χ0n) is 10.8. The first kappa shape index (κ1) is 13.2. The third-order valence-electron chi connectivity index (χ3n) is 2.78. The number of rotatable bonds is 6. The van der Waals surface area contributed by atoms with E-state index in [0.717, 1.165) is 17.1 Å². The zero-order valence-corrected chi connectivity index (χ0v) is 10.8. The summed E-state index contributed by atoms with van der Waals surface area (Å²) in [4.78, 5) is 10.7. The molecule has 0 fully saturated rings. The number of nitrogens with one attached hydrogen (secondary N) is 1. The fraction of sp³-hybridized carbons (Fsp3) is 0.214. The molecular formula is C14H17N3O2. The Hall–Kier alpha value is -2.27. The molecule has 0 aliphatic rings. The quantitative estimate of drug-likeness (QED) is 0.815. The summed E-state index contributed by atoms with van der Waals surface area (Å²) in [6.07, 6.45) is 1.96. The van der Waals surface area contributed by atoms with Crippen molar-refractivity contribution >= 4 is 5.91 Å². The van der Waals surface area contributed by atoms with Gasteiger partial charge in [-0.3, -0.25) is 4.79 Å². The maximum absolute atomic E-state index is 10.7. The van der Waals surface area contributed by atoms with Gasteiger partial charge in [-0.1, -0.05) is 12.1 Å². The normalized spacial score (nSPS) is 10.4. The number of hydrogen-bond acceptors (Lipinski definition) is 3. The van der Waals surface area contributed by atoms with Crippen molar-refractivity contribution in [1.29, 1.82) is 0 Å². The van der Waals surface area contributed by atoms with Gasteiger partial charge in [-0.05, 0) is 24.3 Å². The molecule has 3 N–H and O–H groups in total. The Kier molecular flexibility index (Phi) is 4.20. The van der Waals surface area contributed by atoms with Gasteiger partial charge >= 0.3 is 0 Å². The first-order chi connectivity index (χ1) is 9.22. The first-order valence-electron chi connectivity index (χ1n) is 6.01. The van der Waals surface area contributed by atoms with Gasteiger partial charge in [0.2, 0.25) is 5.91 Å². The molecule has 1 aromatic heterocycles. The largest absolute Gasteiger partial charge is 0.495 e. The number of aromatic nitrogens is 1. The smallest absolute Gasteiger partial charge is 0.231 e. The van der Waals surface area contributed by atoms with Crippen molar-refractivity contribution in [3.8, 4) is 11.4 Å². The number of carbonyl (C=O) groups is 1. The molecule has 0 spiro atoms. The molecule has 100 valence electrons. The SMILES string of the molecule is COc1ccccc1-n1cccc1CNCC(N)=O. The van der Waals surface area contributed by atoms with Crippen molar-refractivity contribution in [2.45, 2.75) is 6.54 Å². The lowest BCUT2D eigenvalue weighted by molar-refractivity contribution is -0.117. The Balaban J connectivity index is 2.21. The summed E-state index contributed by atoms with van der Waals surface area (Å²) in [7, 11) is 1.65. The van der Waals surface area contributed by atoms with Crippen molar-refractivity contribution in [2.24, 2.45) is 5.73 Å². The van der Waals surface area contributed by atoms with Crippen LogP contribution < -0.4 is 15.8 Å². The fourth-order valence-corrected chi connectivity index (χ4v) is 1.94. The molecule has 0 saturated carbocycles. The Bertz CT molecular complexity index is 563. The van der Waals surface area contributed by atoms with Crippen LogP contribution in [-0.2, 0) is 11.3 Å². The van der Waals surface area contributed by atoms with Crippen LogP contribution in [0.5, 0.6) is 5.75 Å². The van der Waals surface area contributed by atoms with Crippen molar-refractivity contribution in [1.82, 2.24) is 9.88 Å². The van der Waals surface area contributed by atoms with Crippen LogP contribution in [0.1, 0.15) is 5.69 Å². The monoisotopic (exact) mass is 259 g/mol. The number of benzene rings is 1. The van der Waals surface area contributed by atoms with E-state index in [9.17, 15) is 4.79 Å². The molecule has 5 nitrogen and oxygen atoms in total. The molecule has 0 aliphatic carbocycles. The minimum atomic E-state index is -0.365. The fourth-order valence-electron chi connectivity index (χ4n) is 1.94. The van der Waals surface area contributed by atoms with Gasteiger partial charge in [0.1, 0.15) is 5.75 Å². The molecule has 2 rings (SSSR count). The molecular weight excluding hydrogens is 242 g/mol. The molecule has 0 radical (unpaired) electrons. The van der Waals surface area contributed by atoms with Crippen LogP contribution in [0.15, 0.2) is 42.6 Å². The van der Waals surface area contributed by atoms with Gasteiger partial charge in [-0.2, -0.15) is 0 Å². The molecule has 0 saturated heterocycles. The topological polar surface area (TPSA) is 69.3 Å². The van der Waals surface area contributed by atoms with E-state index in [1.165, 1.54) is 0 Å². The van der Waals surface area contributed by atoms with E-state index < -0.39 is 0 Å². The minimum Gasteiger partial charge on any atom is -0.495 e. The van der Waals surface area contributed by atoms with E-state index in [2.05, 4.69) is 5.32 Å². The van der Waals surface area contributed by atoms with Crippen molar-refractivity contribution in [3.05, 3.63) is 48.3 Å². The Morgan fingerprint density at radius 1 is 1.32 bits per heavy atom. The molecule has 0 bridgehead atoms. The highest BCUT2D eigenvalue weighted by atomic mass is 16.5. The predicted octanol–water partition coefficient (Wildman–Crippen LogP) is 1.06. The lowest BCUT2D eigenvalue weighted by Gasteiger charge is -2.13. The van der Waals surface area contributed by atoms with E-state index in [0.29, 0.717) is 6.54 Å². The number of carbonyl (C=O) groups excluding carboxylic acids is 1. The molecule has 0 unspecified atom stereocenters. The third-order valence-corrected chi connectivity index (χ3v) is 2.78. The average Bonchev–Trinajstić information content (AvgIpc) is 2.86. The Labute approximate surface area is 112 Å². The highest BCUT2D eigenvalue weighted by Crippen LogP contribution is 2.23. The van der Waals surface area contributed by atoms with Gasteiger partial charge in [0.25, 0.3) is 0 Å². The summed E-state index contributed by atoms with van der Waals surface area (Å²) in [6.45, 7) is 0.727. The number of nitrogens with two attached hydrogens (primary N) is 1. The van der Waals surface area contributed by atoms with E-state index in [1.807, 2.05) is 47.2 Å². The second kappa shape index (κ2) is 6.06. The van der Waals surface area contributed by atoms with Crippen LogP contribution in [0.25, 0.3) is 5.69 Å². The molecule has 5 heteroatoms. The maximum atomic E-state index is 10.7. The van der Waals surface area contributed by atoms with Gasteiger partial charge < -0.3 is 20.4 Å². The van der Waals surface area contributed by atoms with Crippen molar-refractivity contribution in [3.63, 3.8) is 0 Å². The summed E-state index contributed by atoms with van der Waals surface area (Å²) in [6, 6.07) is 11.7. The van der Waals surface area contributed by atoms with Gasteiger partial charge in [0, 0.05) is 18.4 Å². The van der Waals surface area contributed by atoms with E-state index in [4.69, 9.17) is 10.5 Å². The predicted molar refractivity (Wildman–Crippen MR) is 73.2 cm³/mol. The number of hydrogen-bond donors (Lipinski definition) is 2. The number of para-hydroxylation sites is 2. The molecule has 0 atom stereocenters. The molecule has 1 amide bonds. The van der Waals surface area contributed by atoms with Crippen LogP contribution >= 0.6 is 0 Å². The highest BCUT2D eigenvalue weighted by molar-refractivity contribution is 5.75. The lowest BCUT2D eigenvalue weighted by Crippen LogP contribution is -2.28. The standard InChI is InChI=1S/C14H17N3O2/c1-19-13-7-3-2-6-12(13)17-8-4-5-11(17)9-16-10-14(15)18/h2-8,16H,9-10H2,1H3,(H2,15,18). The highest BCUT2D eigenvalue weighted by Gasteiger charge is 2.07. The van der Waals surface area contributed by atoms with E-state index in [-0.39, 0.29) is 12.5 Å². The first-order valence-corrected chi connectivity index (χ1v) is 6.01. The second-order valence-corrected chi connectivity index (χ2v) is 4.11. The number of nitrogens with zero attached hydrogens (tertiary/aromatic N) is 1. The van der Waals surface area contributed by atoms with E-state index >= 15 is 0 Å². The van der Waals surface area contributed by atoms with Crippen LogP contribution in [0.3, 0.4) is 0 Å². The Morgan fingerprint density at radius 2 is 2.11 bits per heavy atom. The number of methoxy groups -OCH3 is 1. The molecule has 19 heavy (non-hydrogen) atoms. The van der Waals surface area contributed by atoms with Crippen LogP contribution in [0.2, 0.25) is 0 Å². The Morgan fingerprint density at radius 3 is 2.84 bits per heavy atom. The van der Waals surface area contributed by atoms with Gasteiger partial charge in [-0.15, -0.1) is 0 Å². The number of primary amides is 1. The van der Waals surface area contributed by atoms with Gasteiger partial charge in [-0.25, -0.2) is 0 Å². The average molecular weight is 259 g/mol. The van der Waals surface area contributed by atoms with Gasteiger partial charge in [0.05, 0.1) is 19.3 Å². The zero-order chi connectivity index (χ0) is 13.7. The maximum Gasteiger partial charge on any atom is 0.231 e. The number of amides is 1. The lowest BCUT2D eigenvalue weighted by atomic mass is 10.3. The van der Waals surface area contributed by atoms with Crippen molar-refractivity contribution < 1.29 is 9.53 Å². The minimum absolute atomic E-state index is 0.164.